The fourth-order valence-corrected chi connectivity index (χ4v) is 3.48. The van der Waals surface area contributed by atoms with Gasteiger partial charge in [-0.1, -0.05) is 57.5 Å². The van der Waals surface area contributed by atoms with Gasteiger partial charge >= 0.3 is 0 Å². The van der Waals surface area contributed by atoms with Crippen LogP contribution in [0.25, 0.3) is 0 Å². The molecule has 0 unspecified atom stereocenters. The summed E-state index contributed by atoms with van der Waals surface area (Å²) in [6.07, 6.45) is 2.23. The molecule has 2 nitrogen and oxygen atoms in total. The molecule has 2 N–H and O–H groups in total. The van der Waals surface area contributed by atoms with Crippen LogP contribution in [0.5, 0.6) is 0 Å². The van der Waals surface area contributed by atoms with Crippen LogP contribution in [0.3, 0.4) is 0 Å². The van der Waals surface area contributed by atoms with Gasteiger partial charge in [-0.25, -0.2) is 0 Å². The topological polar surface area (TPSA) is 29.3 Å². The molecule has 3 heteroatoms. The first-order valence-electron chi connectivity index (χ1n) is 7.95. The van der Waals surface area contributed by atoms with E-state index in [9.17, 15) is 0 Å². The van der Waals surface area contributed by atoms with Crippen molar-refractivity contribution in [3.63, 3.8) is 0 Å². The van der Waals surface area contributed by atoms with E-state index >= 15 is 0 Å². The molecule has 120 valence electrons. The molecule has 0 fully saturated rings. The maximum atomic E-state index is 6.32. The van der Waals surface area contributed by atoms with Crippen LogP contribution in [0.2, 0.25) is 5.02 Å². The third-order valence-electron chi connectivity index (χ3n) is 4.13. The highest BCUT2D eigenvalue weighted by Gasteiger charge is 2.34. The number of benzene rings is 1. The molecule has 0 saturated heterocycles. The molecule has 0 spiro atoms. The van der Waals surface area contributed by atoms with Gasteiger partial charge in [0.15, 0.2) is 0 Å². The molecule has 0 aliphatic heterocycles. The largest absolute Gasteiger partial charge is 0.329 e. The molecule has 0 radical (unpaired) electrons. The lowest BCUT2D eigenvalue weighted by atomic mass is 9.80. The number of likely N-dealkylation sites (N-methyl/N-ethyl adjacent to an activating group) is 1. The van der Waals surface area contributed by atoms with Crippen molar-refractivity contribution >= 4 is 11.6 Å². The molecular formula is C18H31ClN2. The summed E-state index contributed by atoms with van der Waals surface area (Å²) in [6.45, 7) is 10.6. The van der Waals surface area contributed by atoms with E-state index in [4.69, 9.17) is 17.3 Å². The second kappa shape index (κ2) is 8.17. The molecular weight excluding hydrogens is 280 g/mol. The van der Waals surface area contributed by atoms with Crippen LogP contribution >= 0.6 is 11.6 Å². The van der Waals surface area contributed by atoms with Gasteiger partial charge in [-0.3, -0.25) is 4.90 Å². The molecule has 0 saturated carbocycles. The van der Waals surface area contributed by atoms with Gasteiger partial charge in [-0.2, -0.15) is 0 Å². The Bertz CT molecular complexity index is 419. The van der Waals surface area contributed by atoms with Gasteiger partial charge < -0.3 is 5.73 Å². The van der Waals surface area contributed by atoms with Gasteiger partial charge in [-0.05, 0) is 43.4 Å². The molecule has 1 rings (SSSR count). The van der Waals surface area contributed by atoms with Crippen molar-refractivity contribution in [2.75, 3.05) is 13.6 Å². The average Bonchev–Trinajstić information content (AvgIpc) is 2.39. The highest BCUT2D eigenvalue weighted by Crippen LogP contribution is 2.31. The molecule has 0 heterocycles. The van der Waals surface area contributed by atoms with Crippen molar-refractivity contribution in [2.24, 2.45) is 17.6 Å². The van der Waals surface area contributed by atoms with E-state index < -0.39 is 0 Å². The lowest BCUT2D eigenvalue weighted by molar-refractivity contribution is 0.0714. The quantitative estimate of drug-likeness (QED) is 0.762. The zero-order valence-corrected chi connectivity index (χ0v) is 15.0. The lowest BCUT2D eigenvalue weighted by Crippen LogP contribution is -2.53. The Balaban J connectivity index is 2.98. The molecule has 1 aromatic carbocycles. The van der Waals surface area contributed by atoms with Crippen molar-refractivity contribution in [3.05, 3.63) is 34.9 Å². The van der Waals surface area contributed by atoms with Gasteiger partial charge in [-0.15, -0.1) is 0 Å². The summed E-state index contributed by atoms with van der Waals surface area (Å²) in [5, 5.41) is 0.837. The SMILES string of the molecule is CC(C)CC(CN)(CC(C)C)N(C)Cc1ccccc1Cl. The third-order valence-corrected chi connectivity index (χ3v) is 4.50. The van der Waals surface area contributed by atoms with E-state index in [1.807, 2.05) is 18.2 Å². The number of halogens is 1. The Morgan fingerprint density at radius 3 is 2.05 bits per heavy atom. The maximum Gasteiger partial charge on any atom is 0.0451 e. The first-order valence-corrected chi connectivity index (χ1v) is 8.33. The minimum Gasteiger partial charge on any atom is -0.329 e. The first kappa shape index (κ1) is 18.5. The molecule has 21 heavy (non-hydrogen) atoms. The highest BCUT2D eigenvalue weighted by atomic mass is 35.5. The Morgan fingerprint density at radius 2 is 1.62 bits per heavy atom. The standard InChI is InChI=1S/C18H31ClN2/c1-14(2)10-18(13-20,11-15(3)4)21(5)12-16-8-6-7-9-17(16)19/h6-9,14-15H,10-13,20H2,1-5H3. The van der Waals surface area contributed by atoms with Gasteiger partial charge in [0.2, 0.25) is 0 Å². The van der Waals surface area contributed by atoms with Crippen LogP contribution in [0.15, 0.2) is 24.3 Å². The first-order chi connectivity index (χ1) is 9.80. The number of hydrogen-bond acceptors (Lipinski definition) is 2. The predicted molar refractivity (Wildman–Crippen MR) is 93.6 cm³/mol. The molecule has 0 aliphatic rings. The molecule has 0 aromatic heterocycles. The molecule has 0 atom stereocenters. The minimum absolute atomic E-state index is 0.0432. The summed E-state index contributed by atoms with van der Waals surface area (Å²) in [5.41, 5.74) is 7.44. The number of nitrogens with zero attached hydrogens (tertiary/aromatic N) is 1. The van der Waals surface area contributed by atoms with Crippen molar-refractivity contribution in [1.82, 2.24) is 4.90 Å². The average molecular weight is 311 g/mol. The summed E-state index contributed by atoms with van der Waals surface area (Å²) < 4.78 is 0. The normalized spacial score (nSPS) is 12.7. The fourth-order valence-electron chi connectivity index (χ4n) is 3.29. The van der Waals surface area contributed by atoms with Crippen molar-refractivity contribution < 1.29 is 0 Å². The molecule has 0 aliphatic carbocycles. The third kappa shape index (κ3) is 5.28. The van der Waals surface area contributed by atoms with Crippen LogP contribution in [0.1, 0.15) is 46.1 Å². The number of hydrogen-bond donors (Lipinski definition) is 1. The Kier molecular flexibility index (Phi) is 7.19. The van der Waals surface area contributed by atoms with E-state index in [-0.39, 0.29) is 5.54 Å². The number of nitrogens with two attached hydrogens (primary N) is 1. The van der Waals surface area contributed by atoms with Crippen LogP contribution in [-0.2, 0) is 6.54 Å². The smallest absolute Gasteiger partial charge is 0.0451 e. The van der Waals surface area contributed by atoms with Gasteiger partial charge in [0.25, 0.3) is 0 Å². The van der Waals surface area contributed by atoms with Crippen LogP contribution in [0.4, 0.5) is 0 Å². The zero-order valence-electron chi connectivity index (χ0n) is 14.2. The zero-order chi connectivity index (χ0) is 16.0. The van der Waals surface area contributed by atoms with Crippen LogP contribution in [0, 0.1) is 11.8 Å². The lowest BCUT2D eigenvalue weighted by Gasteiger charge is -2.44. The summed E-state index contributed by atoms with van der Waals surface area (Å²) in [6, 6.07) is 8.08. The summed E-state index contributed by atoms with van der Waals surface area (Å²) in [5.74, 6) is 1.25. The predicted octanol–water partition coefficient (Wildman–Crippen LogP) is 4.56. The van der Waals surface area contributed by atoms with E-state index in [1.165, 1.54) is 5.56 Å². The summed E-state index contributed by atoms with van der Waals surface area (Å²) in [7, 11) is 2.18. The van der Waals surface area contributed by atoms with E-state index in [2.05, 4.69) is 45.7 Å². The maximum absolute atomic E-state index is 6.32. The van der Waals surface area contributed by atoms with Gasteiger partial charge in [0.1, 0.15) is 0 Å². The molecule has 0 amide bonds. The van der Waals surface area contributed by atoms with Crippen LogP contribution < -0.4 is 5.73 Å². The summed E-state index contributed by atoms with van der Waals surface area (Å²) >= 11 is 6.32. The van der Waals surface area contributed by atoms with Crippen LogP contribution in [-0.4, -0.2) is 24.0 Å². The van der Waals surface area contributed by atoms with Crippen molar-refractivity contribution in [2.45, 2.75) is 52.6 Å². The Morgan fingerprint density at radius 1 is 1.10 bits per heavy atom. The van der Waals surface area contributed by atoms with E-state index in [0.717, 1.165) is 24.4 Å². The summed E-state index contributed by atoms with van der Waals surface area (Å²) in [4.78, 5) is 2.41. The van der Waals surface area contributed by atoms with E-state index in [1.54, 1.807) is 0 Å². The Labute approximate surface area is 135 Å². The number of rotatable bonds is 8. The second-order valence-corrected chi connectivity index (χ2v) is 7.48. The minimum atomic E-state index is 0.0432. The molecule has 1 aromatic rings. The van der Waals surface area contributed by atoms with E-state index in [0.29, 0.717) is 18.4 Å². The van der Waals surface area contributed by atoms with Crippen molar-refractivity contribution in [1.29, 1.82) is 0 Å². The molecule has 0 bridgehead atoms. The van der Waals surface area contributed by atoms with Gasteiger partial charge in [0.05, 0.1) is 0 Å². The van der Waals surface area contributed by atoms with Gasteiger partial charge in [0, 0.05) is 23.7 Å². The van der Waals surface area contributed by atoms with Crippen molar-refractivity contribution in [3.8, 4) is 0 Å². The fraction of sp³-hybridized carbons (Fsp3) is 0.667. The highest BCUT2D eigenvalue weighted by molar-refractivity contribution is 6.31. The second-order valence-electron chi connectivity index (χ2n) is 7.07. The Hall–Kier alpha value is -0.570. The monoisotopic (exact) mass is 310 g/mol.